The van der Waals surface area contributed by atoms with Gasteiger partial charge in [0.15, 0.2) is 0 Å². The SMILES string of the molecule is CN(C(=O)C(C)(C)C)C1CCCN(Cc2nnc3n2CCC3)C1. The summed E-state index contributed by atoms with van der Waals surface area (Å²) < 4.78 is 2.27. The van der Waals surface area contributed by atoms with E-state index in [1.807, 2.05) is 32.7 Å². The van der Waals surface area contributed by atoms with E-state index in [2.05, 4.69) is 19.7 Å². The summed E-state index contributed by atoms with van der Waals surface area (Å²) in [6.07, 6.45) is 4.46. The van der Waals surface area contributed by atoms with Crippen molar-refractivity contribution >= 4 is 5.91 Å². The van der Waals surface area contributed by atoms with Gasteiger partial charge in [0.2, 0.25) is 5.91 Å². The molecule has 23 heavy (non-hydrogen) atoms. The van der Waals surface area contributed by atoms with Gasteiger partial charge < -0.3 is 9.47 Å². The van der Waals surface area contributed by atoms with Gasteiger partial charge in [0.05, 0.1) is 6.54 Å². The van der Waals surface area contributed by atoms with Gasteiger partial charge in [-0.15, -0.1) is 10.2 Å². The van der Waals surface area contributed by atoms with Crippen molar-refractivity contribution in [2.24, 2.45) is 5.41 Å². The zero-order chi connectivity index (χ0) is 16.6. The average Bonchev–Trinajstić information content (AvgIpc) is 3.10. The summed E-state index contributed by atoms with van der Waals surface area (Å²) in [5.41, 5.74) is -0.315. The van der Waals surface area contributed by atoms with Gasteiger partial charge in [0.25, 0.3) is 0 Å². The first-order valence-electron chi connectivity index (χ1n) is 8.77. The van der Waals surface area contributed by atoms with Crippen molar-refractivity contribution in [2.45, 2.75) is 65.6 Å². The minimum atomic E-state index is -0.315. The van der Waals surface area contributed by atoms with Crippen molar-refractivity contribution in [1.29, 1.82) is 0 Å². The fourth-order valence-corrected chi connectivity index (χ4v) is 3.71. The number of likely N-dealkylation sites (N-methyl/N-ethyl adjacent to an activating group) is 1. The van der Waals surface area contributed by atoms with Gasteiger partial charge in [-0.3, -0.25) is 9.69 Å². The normalized spacial score (nSPS) is 22.2. The highest BCUT2D eigenvalue weighted by atomic mass is 16.2. The topological polar surface area (TPSA) is 54.3 Å². The predicted molar refractivity (Wildman–Crippen MR) is 88.9 cm³/mol. The molecule has 128 valence electrons. The molecule has 2 aliphatic heterocycles. The molecule has 1 atom stereocenters. The van der Waals surface area contributed by atoms with Gasteiger partial charge in [0, 0.05) is 38.0 Å². The van der Waals surface area contributed by atoms with Gasteiger partial charge in [-0.25, -0.2) is 0 Å². The lowest BCUT2D eigenvalue weighted by Crippen LogP contribution is -2.51. The first-order valence-corrected chi connectivity index (χ1v) is 8.77. The molecule has 0 spiro atoms. The van der Waals surface area contributed by atoms with Gasteiger partial charge in [-0.1, -0.05) is 20.8 Å². The summed E-state index contributed by atoms with van der Waals surface area (Å²) in [5.74, 6) is 2.45. The molecular weight excluding hydrogens is 290 g/mol. The molecule has 1 aromatic rings. The third kappa shape index (κ3) is 3.42. The maximum Gasteiger partial charge on any atom is 0.227 e. The number of carbonyl (C=O) groups excluding carboxylic acids is 1. The molecule has 1 unspecified atom stereocenters. The number of nitrogens with zero attached hydrogens (tertiary/aromatic N) is 5. The Morgan fingerprint density at radius 3 is 2.78 bits per heavy atom. The van der Waals surface area contributed by atoms with Crippen LogP contribution in [0.15, 0.2) is 0 Å². The monoisotopic (exact) mass is 319 g/mol. The van der Waals surface area contributed by atoms with Crippen molar-refractivity contribution < 1.29 is 4.79 Å². The van der Waals surface area contributed by atoms with Crippen LogP contribution in [0.5, 0.6) is 0 Å². The molecule has 1 aromatic heterocycles. The average molecular weight is 319 g/mol. The third-order valence-corrected chi connectivity index (χ3v) is 5.04. The molecule has 1 saturated heterocycles. The second-order valence-electron chi connectivity index (χ2n) is 7.98. The summed E-state index contributed by atoms with van der Waals surface area (Å²) in [6, 6.07) is 0.302. The number of piperidine rings is 1. The van der Waals surface area contributed by atoms with Crippen LogP contribution in [0.2, 0.25) is 0 Å². The summed E-state index contributed by atoms with van der Waals surface area (Å²) in [6.45, 7) is 9.89. The van der Waals surface area contributed by atoms with Crippen LogP contribution < -0.4 is 0 Å². The maximum absolute atomic E-state index is 12.5. The fourth-order valence-electron chi connectivity index (χ4n) is 3.71. The number of carbonyl (C=O) groups is 1. The Labute approximate surface area is 138 Å². The second kappa shape index (κ2) is 6.23. The Morgan fingerprint density at radius 2 is 2.04 bits per heavy atom. The van der Waals surface area contributed by atoms with Crippen LogP contribution in [0, 0.1) is 5.41 Å². The van der Waals surface area contributed by atoms with Crippen LogP contribution in [-0.4, -0.2) is 56.7 Å². The second-order valence-corrected chi connectivity index (χ2v) is 7.98. The minimum absolute atomic E-state index is 0.229. The lowest BCUT2D eigenvalue weighted by Gasteiger charge is -2.39. The Balaban J connectivity index is 1.63. The molecule has 0 aromatic carbocycles. The molecule has 6 heteroatoms. The van der Waals surface area contributed by atoms with Crippen molar-refractivity contribution in [3.63, 3.8) is 0 Å². The van der Waals surface area contributed by atoms with Gasteiger partial charge in [0.1, 0.15) is 11.6 Å². The number of aromatic nitrogens is 3. The van der Waals surface area contributed by atoms with E-state index in [1.165, 1.54) is 6.42 Å². The molecule has 2 aliphatic rings. The van der Waals surface area contributed by atoms with Crippen molar-refractivity contribution in [3.05, 3.63) is 11.6 Å². The number of rotatable bonds is 3. The van der Waals surface area contributed by atoms with Gasteiger partial charge >= 0.3 is 0 Å². The highest BCUT2D eigenvalue weighted by molar-refractivity contribution is 5.81. The zero-order valence-electron chi connectivity index (χ0n) is 14.9. The van der Waals surface area contributed by atoms with Crippen LogP contribution in [0.3, 0.4) is 0 Å². The lowest BCUT2D eigenvalue weighted by molar-refractivity contribution is -0.141. The fraction of sp³-hybridized carbons (Fsp3) is 0.824. The Kier molecular flexibility index (Phi) is 4.45. The highest BCUT2D eigenvalue weighted by Crippen LogP contribution is 2.23. The van der Waals surface area contributed by atoms with Crippen LogP contribution in [-0.2, 0) is 24.3 Å². The Hall–Kier alpha value is -1.43. The smallest absolute Gasteiger partial charge is 0.227 e. The molecular formula is C17H29N5O. The first-order chi connectivity index (χ1) is 10.9. The van der Waals surface area contributed by atoms with Crippen LogP contribution in [0.4, 0.5) is 0 Å². The molecule has 1 fully saturated rings. The lowest BCUT2D eigenvalue weighted by atomic mass is 9.93. The first kappa shape index (κ1) is 16.4. The number of likely N-dealkylation sites (tertiary alicyclic amines) is 1. The van der Waals surface area contributed by atoms with E-state index in [-0.39, 0.29) is 11.3 Å². The molecule has 1 amide bonds. The zero-order valence-corrected chi connectivity index (χ0v) is 14.9. The van der Waals surface area contributed by atoms with E-state index in [0.717, 1.165) is 57.1 Å². The number of hydrogen-bond acceptors (Lipinski definition) is 4. The molecule has 0 saturated carbocycles. The summed E-state index contributed by atoms with van der Waals surface area (Å²) in [7, 11) is 1.95. The highest BCUT2D eigenvalue weighted by Gasteiger charge is 2.32. The molecule has 3 rings (SSSR count). The predicted octanol–water partition coefficient (Wildman–Crippen LogP) is 1.69. The minimum Gasteiger partial charge on any atom is -0.341 e. The van der Waals surface area contributed by atoms with Crippen LogP contribution >= 0.6 is 0 Å². The van der Waals surface area contributed by atoms with Gasteiger partial charge in [-0.05, 0) is 25.8 Å². The maximum atomic E-state index is 12.5. The molecule has 6 nitrogen and oxygen atoms in total. The molecule has 0 bridgehead atoms. The number of hydrogen-bond donors (Lipinski definition) is 0. The van der Waals surface area contributed by atoms with Gasteiger partial charge in [-0.2, -0.15) is 0 Å². The van der Waals surface area contributed by atoms with E-state index in [0.29, 0.717) is 6.04 Å². The van der Waals surface area contributed by atoms with Crippen LogP contribution in [0.25, 0.3) is 0 Å². The standard InChI is InChI=1S/C17H29N5O/c1-17(2,3)16(23)20(4)13-7-5-9-21(11-13)12-15-19-18-14-8-6-10-22(14)15/h13H,5-12H2,1-4H3. The van der Waals surface area contributed by atoms with E-state index in [9.17, 15) is 4.79 Å². The summed E-state index contributed by atoms with van der Waals surface area (Å²) in [4.78, 5) is 16.9. The number of aryl methyl sites for hydroxylation is 1. The Bertz CT molecular complexity index is 574. The molecule has 0 N–H and O–H groups in total. The number of amides is 1. The largest absolute Gasteiger partial charge is 0.341 e. The number of fused-ring (bicyclic) bond motifs is 1. The summed E-state index contributed by atoms with van der Waals surface area (Å²) in [5, 5.41) is 8.67. The van der Waals surface area contributed by atoms with Crippen molar-refractivity contribution in [2.75, 3.05) is 20.1 Å². The molecule has 3 heterocycles. The quantitative estimate of drug-likeness (QED) is 0.851. The molecule has 0 aliphatic carbocycles. The Morgan fingerprint density at radius 1 is 1.26 bits per heavy atom. The van der Waals surface area contributed by atoms with E-state index < -0.39 is 0 Å². The molecule has 0 radical (unpaired) electrons. The summed E-state index contributed by atoms with van der Waals surface area (Å²) >= 11 is 0. The van der Waals surface area contributed by atoms with Crippen molar-refractivity contribution in [1.82, 2.24) is 24.6 Å². The van der Waals surface area contributed by atoms with Crippen LogP contribution in [0.1, 0.15) is 51.7 Å². The van der Waals surface area contributed by atoms with E-state index >= 15 is 0 Å². The van der Waals surface area contributed by atoms with Crippen molar-refractivity contribution in [3.8, 4) is 0 Å². The van der Waals surface area contributed by atoms with E-state index in [4.69, 9.17) is 0 Å². The third-order valence-electron chi connectivity index (χ3n) is 5.04. The van der Waals surface area contributed by atoms with E-state index in [1.54, 1.807) is 0 Å².